The Kier molecular flexibility index (Phi) is 3.99. The summed E-state index contributed by atoms with van der Waals surface area (Å²) in [6.07, 6.45) is 8.60. The summed E-state index contributed by atoms with van der Waals surface area (Å²) in [6.45, 7) is 0. The molecule has 3 heteroatoms. The van der Waals surface area contributed by atoms with Gasteiger partial charge in [0.2, 0.25) is 0 Å². The molecule has 2 saturated carbocycles. The lowest BCUT2D eigenvalue weighted by molar-refractivity contribution is -0.0595. The minimum Gasteiger partial charge on any atom is -0.490 e. The van der Waals surface area contributed by atoms with Gasteiger partial charge in [0.1, 0.15) is 5.75 Å². The van der Waals surface area contributed by atoms with E-state index in [1.54, 1.807) is 7.11 Å². The van der Waals surface area contributed by atoms with Crippen LogP contribution >= 0.6 is 0 Å². The highest BCUT2D eigenvalue weighted by atomic mass is 16.5. The molecule has 3 rings (SSSR count). The van der Waals surface area contributed by atoms with Crippen molar-refractivity contribution in [1.82, 2.24) is 0 Å². The summed E-state index contributed by atoms with van der Waals surface area (Å²) >= 11 is 0. The summed E-state index contributed by atoms with van der Waals surface area (Å²) in [5, 5.41) is 0. The predicted molar refractivity (Wildman–Crippen MR) is 79.8 cm³/mol. The molecule has 2 aliphatic carbocycles. The summed E-state index contributed by atoms with van der Waals surface area (Å²) in [7, 11) is 1.80. The average Bonchev–Trinajstić information content (AvgIpc) is 3.31. The molecule has 0 aromatic heterocycles. The zero-order valence-electron chi connectivity index (χ0n) is 12.3. The van der Waals surface area contributed by atoms with Crippen molar-refractivity contribution >= 4 is 0 Å². The van der Waals surface area contributed by atoms with Crippen LogP contribution in [0.25, 0.3) is 0 Å². The van der Waals surface area contributed by atoms with E-state index in [4.69, 9.17) is 15.2 Å². The van der Waals surface area contributed by atoms with E-state index in [2.05, 4.69) is 12.1 Å². The number of rotatable bonds is 5. The fraction of sp³-hybridized carbons (Fsp3) is 0.647. The first-order valence-electron chi connectivity index (χ1n) is 7.81. The Bertz CT molecular complexity index is 450. The Morgan fingerprint density at radius 1 is 1.20 bits per heavy atom. The second-order valence-electron chi connectivity index (χ2n) is 6.20. The molecular formula is C17H25NO2. The molecular weight excluding hydrogens is 250 g/mol. The Balaban J connectivity index is 1.78. The summed E-state index contributed by atoms with van der Waals surface area (Å²) in [5.74, 6) is 0.947. The van der Waals surface area contributed by atoms with Crippen LogP contribution in [0.5, 0.6) is 5.75 Å². The lowest BCUT2D eigenvalue weighted by Crippen LogP contribution is -2.44. The van der Waals surface area contributed by atoms with Gasteiger partial charge in [-0.2, -0.15) is 0 Å². The Hall–Kier alpha value is -1.06. The number of benzene rings is 1. The molecule has 1 unspecified atom stereocenters. The van der Waals surface area contributed by atoms with Gasteiger partial charge >= 0.3 is 0 Å². The van der Waals surface area contributed by atoms with Gasteiger partial charge in [-0.15, -0.1) is 0 Å². The lowest BCUT2D eigenvalue weighted by Gasteiger charge is -2.41. The first-order valence-corrected chi connectivity index (χ1v) is 7.81. The largest absolute Gasteiger partial charge is 0.490 e. The van der Waals surface area contributed by atoms with Crippen LogP contribution in [-0.4, -0.2) is 18.8 Å². The molecule has 2 fully saturated rings. The van der Waals surface area contributed by atoms with Crippen LogP contribution in [0.15, 0.2) is 24.3 Å². The van der Waals surface area contributed by atoms with Crippen molar-refractivity contribution in [3.05, 3.63) is 29.8 Å². The number of hydrogen-bond acceptors (Lipinski definition) is 3. The molecule has 0 heterocycles. The summed E-state index contributed by atoms with van der Waals surface area (Å²) < 4.78 is 11.7. The lowest BCUT2D eigenvalue weighted by atomic mass is 9.77. The number of ether oxygens (including phenoxy) is 2. The van der Waals surface area contributed by atoms with E-state index in [0.29, 0.717) is 6.10 Å². The van der Waals surface area contributed by atoms with Crippen LogP contribution in [-0.2, 0) is 4.74 Å². The highest BCUT2D eigenvalue weighted by molar-refractivity contribution is 5.32. The predicted octanol–water partition coefficient (Wildman–Crippen LogP) is 3.58. The standard InChI is InChI=1S/C17H25NO2/c1-19-17(10-3-2-4-11-17)16(18)13-6-5-7-15(12-13)20-14-8-9-14/h5-7,12,14,16H,2-4,8-11,18H2,1H3. The molecule has 0 radical (unpaired) electrons. The van der Waals surface area contributed by atoms with Crippen molar-refractivity contribution in [3.8, 4) is 5.75 Å². The molecule has 0 bridgehead atoms. The smallest absolute Gasteiger partial charge is 0.120 e. The van der Waals surface area contributed by atoms with E-state index >= 15 is 0 Å². The van der Waals surface area contributed by atoms with Crippen LogP contribution in [0.3, 0.4) is 0 Å². The van der Waals surface area contributed by atoms with Crippen LogP contribution in [0, 0.1) is 0 Å². The monoisotopic (exact) mass is 275 g/mol. The second-order valence-corrected chi connectivity index (χ2v) is 6.20. The molecule has 1 aromatic carbocycles. The first-order chi connectivity index (χ1) is 9.73. The summed E-state index contributed by atoms with van der Waals surface area (Å²) in [6, 6.07) is 8.18. The molecule has 0 spiro atoms. The maximum atomic E-state index is 6.55. The van der Waals surface area contributed by atoms with E-state index < -0.39 is 0 Å². The van der Waals surface area contributed by atoms with Crippen LogP contribution < -0.4 is 10.5 Å². The van der Waals surface area contributed by atoms with Gasteiger partial charge in [-0.1, -0.05) is 31.4 Å². The zero-order valence-corrected chi connectivity index (χ0v) is 12.3. The Morgan fingerprint density at radius 3 is 2.60 bits per heavy atom. The van der Waals surface area contributed by atoms with Gasteiger partial charge in [0.05, 0.1) is 17.7 Å². The van der Waals surface area contributed by atoms with Crippen molar-refractivity contribution in [3.63, 3.8) is 0 Å². The summed E-state index contributed by atoms with van der Waals surface area (Å²) in [5.41, 5.74) is 7.48. The van der Waals surface area contributed by atoms with Gasteiger partial charge in [-0.3, -0.25) is 0 Å². The third-order valence-corrected chi connectivity index (χ3v) is 4.72. The number of nitrogens with two attached hydrogens (primary N) is 1. The van der Waals surface area contributed by atoms with Crippen molar-refractivity contribution in [1.29, 1.82) is 0 Å². The van der Waals surface area contributed by atoms with Crippen LogP contribution in [0.2, 0.25) is 0 Å². The van der Waals surface area contributed by atoms with Gasteiger partial charge in [0.15, 0.2) is 0 Å². The quantitative estimate of drug-likeness (QED) is 0.893. The molecule has 1 atom stereocenters. The van der Waals surface area contributed by atoms with E-state index in [0.717, 1.165) is 24.2 Å². The zero-order chi connectivity index (χ0) is 14.0. The van der Waals surface area contributed by atoms with E-state index in [-0.39, 0.29) is 11.6 Å². The van der Waals surface area contributed by atoms with E-state index in [1.165, 1.54) is 32.1 Å². The van der Waals surface area contributed by atoms with E-state index in [9.17, 15) is 0 Å². The molecule has 2 aliphatic rings. The van der Waals surface area contributed by atoms with Crippen molar-refractivity contribution < 1.29 is 9.47 Å². The minimum absolute atomic E-state index is 0.0736. The number of hydrogen-bond donors (Lipinski definition) is 1. The molecule has 0 aliphatic heterocycles. The first kappa shape index (κ1) is 13.9. The molecule has 3 nitrogen and oxygen atoms in total. The third kappa shape index (κ3) is 2.84. The third-order valence-electron chi connectivity index (χ3n) is 4.72. The maximum absolute atomic E-state index is 6.55. The van der Waals surface area contributed by atoms with Gasteiger partial charge in [-0.05, 0) is 43.4 Å². The minimum atomic E-state index is -0.198. The highest BCUT2D eigenvalue weighted by Crippen LogP contribution is 2.40. The number of methoxy groups -OCH3 is 1. The topological polar surface area (TPSA) is 44.5 Å². The molecule has 0 saturated heterocycles. The van der Waals surface area contributed by atoms with Crippen molar-refractivity contribution in [2.75, 3.05) is 7.11 Å². The summed E-state index contributed by atoms with van der Waals surface area (Å²) in [4.78, 5) is 0. The van der Waals surface area contributed by atoms with Crippen LogP contribution in [0.1, 0.15) is 56.6 Å². The Labute approximate surface area is 121 Å². The fourth-order valence-corrected chi connectivity index (χ4v) is 3.26. The second kappa shape index (κ2) is 5.74. The molecule has 0 amide bonds. The molecule has 110 valence electrons. The normalized spacial score (nSPS) is 23.3. The molecule has 20 heavy (non-hydrogen) atoms. The van der Waals surface area contributed by atoms with Gasteiger partial charge in [0.25, 0.3) is 0 Å². The molecule has 1 aromatic rings. The highest BCUT2D eigenvalue weighted by Gasteiger charge is 2.39. The Morgan fingerprint density at radius 2 is 1.95 bits per heavy atom. The molecule has 2 N–H and O–H groups in total. The van der Waals surface area contributed by atoms with Gasteiger partial charge < -0.3 is 15.2 Å². The van der Waals surface area contributed by atoms with Crippen molar-refractivity contribution in [2.45, 2.75) is 62.7 Å². The van der Waals surface area contributed by atoms with Crippen LogP contribution in [0.4, 0.5) is 0 Å². The SMILES string of the molecule is COC1(C(N)c2cccc(OC3CC3)c2)CCCCC1. The average molecular weight is 275 g/mol. The maximum Gasteiger partial charge on any atom is 0.120 e. The van der Waals surface area contributed by atoms with Crippen molar-refractivity contribution in [2.24, 2.45) is 5.73 Å². The van der Waals surface area contributed by atoms with Gasteiger partial charge in [-0.25, -0.2) is 0 Å². The van der Waals surface area contributed by atoms with E-state index in [1.807, 2.05) is 12.1 Å². The fourth-order valence-electron chi connectivity index (χ4n) is 3.26. The van der Waals surface area contributed by atoms with Gasteiger partial charge in [0, 0.05) is 7.11 Å².